The Morgan fingerprint density at radius 2 is 1.86 bits per heavy atom. The van der Waals surface area contributed by atoms with Crippen molar-refractivity contribution in [2.24, 2.45) is 5.84 Å². The largest absolute Gasteiger partial charge is 0.271 e. The van der Waals surface area contributed by atoms with Crippen LogP contribution in [0, 0.1) is 5.82 Å². The van der Waals surface area contributed by atoms with Crippen molar-refractivity contribution in [1.29, 1.82) is 0 Å². The Hall–Kier alpha value is -1.42. The first-order valence-electron chi connectivity index (χ1n) is 7.12. The van der Waals surface area contributed by atoms with Crippen molar-refractivity contribution in [3.05, 3.63) is 70.5 Å². The number of nitrogens with one attached hydrogen (secondary N) is 1. The maximum Gasteiger partial charge on any atom is 0.127 e. The van der Waals surface area contributed by atoms with E-state index in [0.717, 1.165) is 12.8 Å². The molecule has 0 spiro atoms. The van der Waals surface area contributed by atoms with E-state index in [9.17, 15) is 4.39 Å². The summed E-state index contributed by atoms with van der Waals surface area (Å²) >= 11 is 6.14. The fraction of sp³-hybridized carbons (Fsp3) is 0.294. The van der Waals surface area contributed by atoms with E-state index in [4.69, 9.17) is 17.4 Å². The van der Waals surface area contributed by atoms with Crippen LogP contribution in [-0.4, -0.2) is 6.04 Å². The second-order valence-electron chi connectivity index (χ2n) is 5.65. The van der Waals surface area contributed by atoms with E-state index in [0.29, 0.717) is 17.0 Å². The van der Waals surface area contributed by atoms with Crippen molar-refractivity contribution < 1.29 is 4.39 Å². The predicted molar refractivity (Wildman–Crippen MR) is 83.6 cm³/mol. The van der Waals surface area contributed by atoms with E-state index >= 15 is 0 Å². The van der Waals surface area contributed by atoms with Crippen LogP contribution in [0.2, 0.25) is 5.02 Å². The van der Waals surface area contributed by atoms with Gasteiger partial charge in [-0.3, -0.25) is 11.3 Å². The maximum absolute atomic E-state index is 14.0. The van der Waals surface area contributed by atoms with Crippen molar-refractivity contribution >= 4 is 11.6 Å². The molecule has 0 amide bonds. The molecule has 1 unspecified atom stereocenters. The zero-order valence-electron chi connectivity index (χ0n) is 11.7. The van der Waals surface area contributed by atoms with Crippen LogP contribution < -0.4 is 11.3 Å². The van der Waals surface area contributed by atoms with Gasteiger partial charge in [-0.2, -0.15) is 0 Å². The summed E-state index contributed by atoms with van der Waals surface area (Å²) in [6.07, 6.45) is 2.59. The lowest BCUT2D eigenvalue weighted by atomic mass is 9.84. The van der Waals surface area contributed by atoms with Gasteiger partial charge in [0, 0.05) is 22.0 Å². The number of nitrogens with two attached hydrogens (primary N) is 1. The van der Waals surface area contributed by atoms with Crippen LogP contribution in [0.4, 0.5) is 4.39 Å². The van der Waals surface area contributed by atoms with Crippen molar-refractivity contribution in [2.45, 2.75) is 30.7 Å². The normalized spacial score (nSPS) is 17.5. The summed E-state index contributed by atoms with van der Waals surface area (Å²) in [4.78, 5) is 0. The SMILES string of the molecule is NNC(Cc1c(F)cccc1Cl)C1(c2ccccc2)CC1. The molecule has 2 nitrogen and oxygen atoms in total. The van der Waals surface area contributed by atoms with E-state index in [-0.39, 0.29) is 17.3 Å². The lowest BCUT2D eigenvalue weighted by Gasteiger charge is -2.27. The van der Waals surface area contributed by atoms with Crippen molar-refractivity contribution in [2.75, 3.05) is 0 Å². The highest BCUT2D eigenvalue weighted by molar-refractivity contribution is 6.31. The molecule has 2 aromatic carbocycles. The number of rotatable bonds is 5. The second kappa shape index (κ2) is 5.76. The van der Waals surface area contributed by atoms with E-state index in [1.54, 1.807) is 12.1 Å². The molecule has 1 fully saturated rings. The first-order chi connectivity index (χ1) is 10.2. The van der Waals surface area contributed by atoms with Crippen molar-refractivity contribution in [3.8, 4) is 0 Å². The van der Waals surface area contributed by atoms with Gasteiger partial charge in [-0.05, 0) is 37.0 Å². The maximum atomic E-state index is 14.0. The third-order valence-corrected chi connectivity index (χ3v) is 4.83. The molecule has 0 heterocycles. The Kier molecular flexibility index (Phi) is 3.98. The predicted octanol–water partition coefficient (Wildman–Crippen LogP) is 3.59. The van der Waals surface area contributed by atoms with E-state index in [1.165, 1.54) is 11.6 Å². The first-order valence-corrected chi connectivity index (χ1v) is 7.50. The van der Waals surface area contributed by atoms with Gasteiger partial charge in [0.1, 0.15) is 5.82 Å². The topological polar surface area (TPSA) is 38.0 Å². The molecule has 1 aliphatic rings. The van der Waals surface area contributed by atoms with E-state index < -0.39 is 0 Å². The molecule has 1 aliphatic carbocycles. The Morgan fingerprint density at radius 3 is 2.43 bits per heavy atom. The lowest BCUT2D eigenvalue weighted by Crippen LogP contribution is -2.45. The Labute approximate surface area is 129 Å². The van der Waals surface area contributed by atoms with Gasteiger partial charge < -0.3 is 0 Å². The zero-order chi connectivity index (χ0) is 14.9. The molecule has 2 aromatic rings. The molecule has 0 radical (unpaired) electrons. The number of benzene rings is 2. The van der Waals surface area contributed by atoms with Crippen LogP contribution >= 0.6 is 11.6 Å². The number of hydrogen-bond acceptors (Lipinski definition) is 2. The minimum absolute atomic E-state index is 0.0123. The Bertz CT molecular complexity index is 606. The third kappa shape index (κ3) is 2.69. The molecule has 4 heteroatoms. The minimum Gasteiger partial charge on any atom is -0.271 e. The average Bonchev–Trinajstić information content (AvgIpc) is 3.30. The monoisotopic (exact) mass is 304 g/mol. The summed E-state index contributed by atoms with van der Waals surface area (Å²) < 4.78 is 14.0. The van der Waals surface area contributed by atoms with Gasteiger partial charge in [0.2, 0.25) is 0 Å². The van der Waals surface area contributed by atoms with Crippen LogP contribution in [0.25, 0.3) is 0 Å². The average molecular weight is 305 g/mol. The van der Waals surface area contributed by atoms with Gasteiger partial charge in [0.05, 0.1) is 0 Å². The number of hydrogen-bond donors (Lipinski definition) is 2. The number of hydrazine groups is 1. The molecule has 0 bridgehead atoms. The molecule has 0 aromatic heterocycles. The van der Waals surface area contributed by atoms with E-state index in [2.05, 4.69) is 17.6 Å². The molecule has 3 N–H and O–H groups in total. The summed E-state index contributed by atoms with van der Waals surface area (Å²) in [7, 11) is 0. The van der Waals surface area contributed by atoms with Crippen LogP contribution in [0.3, 0.4) is 0 Å². The molecular formula is C17H18ClFN2. The Balaban J connectivity index is 1.90. The first kappa shape index (κ1) is 14.5. The molecule has 3 rings (SSSR count). The fourth-order valence-electron chi connectivity index (χ4n) is 3.09. The molecule has 21 heavy (non-hydrogen) atoms. The van der Waals surface area contributed by atoms with Gasteiger partial charge in [-0.25, -0.2) is 4.39 Å². The summed E-state index contributed by atoms with van der Waals surface area (Å²) in [6, 6.07) is 15.0. The zero-order valence-corrected chi connectivity index (χ0v) is 12.4. The Morgan fingerprint density at radius 1 is 1.14 bits per heavy atom. The van der Waals surface area contributed by atoms with Crippen LogP contribution in [0.15, 0.2) is 48.5 Å². The van der Waals surface area contributed by atoms with Gasteiger partial charge in [0.15, 0.2) is 0 Å². The van der Waals surface area contributed by atoms with E-state index in [1.807, 2.05) is 18.2 Å². The summed E-state index contributed by atoms with van der Waals surface area (Å²) in [6.45, 7) is 0. The third-order valence-electron chi connectivity index (χ3n) is 4.48. The second-order valence-corrected chi connectivity index (χ2v) is 6.05. The number of halogens is 2. The quantitative estimate of drug-likeness (QED) is 0.654. The molecule has 0 saturated heterocycles. The molecule has 1 atom stereocenters. The van der Waals surface area contributed by atoms with Gasteiger partial charge in [-0.15, -0.1) is 0 Å². The molecule has 0 aliphatic heterocycles. The highest BCUT2D eigenvalue weighted by atomic mass is 35.5. The van der Waals surface area contributed by atoms with Crippen molar-refractivity contribution in [1.82, 2.24) is 5.43 Å². The molecule has 110 valence electrons. The molecular weight excluding hydrogens is 287 g/mol. The summed E-state index contributed by atoms with van der Waals surface area (Å²) in [5, 5.41) is 0.458. The smallest absolute Gasteiger partial charge is 0.127 e. The minimum atomic E-state index is -0.272. The van der Waals surface area contributed by atoms with Crippen molar-refractivity contribution in [3.63, 3.8) is 0 Å². The standard InChI is InChI=1S/C17H18ClFN2/c18-14-7-4-8-15(19)13(14)11-16(21-20)17(9-10-17)12-5-2-1-3-6-12/h1-8,16,21H,9-11,20H2. The van der Waals surface area contributed by atoms with Gasteiger partial charge >= 0.3 is 0 Å². The summed E-state index contributed by atoms with van der Waals surface area (Å²) in [5.74, 6) is 5.50. The van der Waals surface area contributed by atoms with Crippen LogP contribution in [-0.2, 0) is 11.8 Å². The lowest BCUT2D eigenvalue weighted by molar-refractivity contribution is 0.414. The van der Waals surface area contributed by atoms with Gasteiger partial charge in [-0.1, -0.05) is 48.0 Å². The van der Waals surface area contributed by atoms with Crippen LogP contribution in [0.5, 0.6) is 0 Å². The highest BCUT2D eigenvalue weighted by Gasteiger charge is 2.50. The van der Waals surface area contributed by atoms with Gasteiger partial charge in [0.25, 0.3) is 0 Å². The van der Waals surface area contributed by atoms with Crippen LogP contribution in [0.1, 0.15) is 24.0 Å². The fourth-order valence-corrected chi connectivity index (χ4v) is 3.33. The highest BCUT2D eigenvalue weighted by Crippen LogP contribution is 2.51. The summed E-state index contributed by atoms with van der Waals surface area (Å²) in [5.41, 5.74) is 4.65. The molecule has 1 saturated carbocycles.